The molecule has 0 radical (unpaired) electrons. The number of hydrogen-bond donors (Lipinski definition) is 2. The van der Waals surface area contributed by atoms with Crippen molar-refractivity contribution in [2.75, 3.05) is 0 Å². The average Bonchev–Trinajstić information content (AvgIpc) is 2.55. The Morgan fingerprint density at radius 3 is 2.15 bits per heavy atom. The van der Waals surface area contributed by atoms with E-state index in [0.717, 1.165) is 32.1 Å². The number of nitrogens with one attached hydrogen (secondary N) is 1. The van der Waals surface area contributed by atoms with Crippen LogP contribution in [0.3, 0.4) is 0 Å². The largest absolute Gasteiger partial charge is 0.480 e. The van der Waals surface area contributed by atoms with Crippen LogP contribution in [0.15, 0.2) is 30.3 Å². The summed E-state index contributed by atoms with van der Waals surface area (Å²) >= 11 is 0. The van der Waals surface area contributed by atoms with Crippen LogP contribution >= 0.6 is 0 Å². The molecule has 146 valence electrons. The summed E-state index contributed by atoms with van der Waals surface area (Å²) in [6, 6.07) is 9.60. The third-order valence-electron chi connectivity index (χ3n) is 4.04. The van der Waals surface area contributed by atoms with E-state index in [4.69, 9.17) is 4.74 Å². The Kier molecular flexibility index (Phi) is 9.78. The Bertz CT molecular complexity index is 537. The molecule has 5 nitrogen and oxygen atoms in total. The lowest BCUT2D eigenvalue weighted by Crippen LogP contribution is -2.43. The summed E-state index contributed by atoms with van der Waals surface area (Å²) < 4.78 is 5.11. The third-order valence-corrected chi connectivity index (χ3v) is 4.04. The highest BCUT2D eigenvalue weighted by Crippen LogP contribution is 2.12. The minimum Gasteiger partial charge on any atom is -0.480 e. The van der Waals surface area contributed by atoms with Crippen LogP contribution in [0.4, 0.5) is 4.79 Å². The van der Waals surface area contributed by atoms with Gasteiger partial charge in [0, 0.05) is 0 Å². The number of alkyl carbamates (subject to hydrolysis) is 1. The zero-order valence-electron chi connectivity index (χ0n) is 16.3. The first kappa shape index (κ1) is 22.0. The lowest BCUT2D eigenvalue weighted by atomic mass is 10.0. The van der Waals surface area contributed by atoms with E-state index in [1.54, 1.807) is 20.8 Å². The molecule has 0 aliphatic rings. The molecular weight excluding hydrogens is 330 g/mol. The summed E-state index contributed by atoms with van der Waals surface area (Å²) in [5.41, 5.74) is 0.748. The van der Waals surface area contributed by atoms with Gasteiger partial charge in [0.05, 0.1) is 0 Å². The minimum absolute atomic E-state index is 0.429. The molecule has 0 spiro atoms. The minimum atomic E-state index is -1.02. The second-order valence-corrected chi connectivity index (χ2v) is 7.68. The molecule has 0 saturated carbocycles. The fourth-order valence-corrected chi connectivity index (χ4v) is 2.74. The Balaban J connectivity index is 2.11. The van der Waals surface area contributed by atoms with E-state index in [-0.39, 0.29) is 0 Å². The smallest absolute Gasteiger partial charge is 0.408 e. The van der Waals surface area contributed by atoms with Crippen LogP contribution in [0.1, 0.15) is 71.3 Å². The summed E-state index contributed by atoms with van der Waals surface area (Å²) in [6.07, 6.45) is 7.25. The molecule has 1 amide bonds. The van der Waals surface area contributed by atoms with E-state index in [1.165, 1.54) is 18.4 Å². The fourth-order valence-electron chi connectivity index (χ4n) is 2.74. The van der Waals surface area contributed by atoms with Crippen LogP contribution in [0, 0.1) is 0 Å². The molecule has 0 heterocycles. The molecule has 0 saturated heterocycles. The van der Waals surface area contributed by atoms with Gasteiger partial charge in [0.2, 0.25) is 0 Å². The number of ether oxygens (including phenoxy) is 1. The maximum Gasteiger partial charge on any atom is 0.408 e. The zero-order valence-corrected chi connectivity index (χ0v) is 16.3. The Hall–Kier alpha value is -2.04. The Morgan fingerprint density at radius 1 is 1.00 bits per heavy atom. The van der Waals surface area contributed by atoms with Gasteiger partial charge in [-0.3, -0.25) is 0 Å². The first-order chi connectivity index (χ1) is 12.3. The normalized spacial score (nSPS) is 12.4. The second kappa shape index (κ2) is 11.6. The van der Waals surface area contributed by atoms with Gasteiger partial charge in [-0.15, -0.1) is 0 Å². The second-order valence-electron chi connectivity index (χ2n) is 7.68. The average molecular weight is 363 g/mol. The highest BCUT2D eigenvalue weighted by Gasteiger charge is 2.23. The van der Waals surface area contributed by atoms with Crippen LogP contribution in [-0.4, -0.2) is 28.8 Å². The van der Waals surface area contributed by atoms with Crippen molar-refractivity contribution in [1.29, 1.82) is 0 Å². The van der Waals surface area contributed by atoms with Crippen LogP contribution in [0.2, 0.25) is 0 Å². The monoisotopic (exact) mass is 363 g/mol. The van der Waals surface area contributed by atoms with Crippen molar-refractivity contribution in [3.8, 4) is 0 Å². The van der Waals surface area contributed by atoms with Crippen molar-refractivity contribution >= 4 is 12.1 Å². The number of hydrogen-bond acceptors (Lipinski definition) is 3. The number of benzene rings is 1. The molecule has 1 atom stereocenters. The van der Waals surface area contributed by atoms with E-state index in [1.807, 2.05) is 6.07 Å². The van der Waals surface area contributed by atoms with E-state index in [0.29, 0.717) is 6.42 Å². The number of unbranched alkanes of at least 4 members (excludes halogenated alkanes) is 5. The van der Waals surface area contributed by atoms with Gasteiger partial charge in [-0.25, -0.2) is 9.59 Å². The number of carboxylic acids is 1. The third kappa shape index (κ3) is 10.7. The van der Waals surface area contributed by atoms with Gasteiger partial charge in [0.15, 0.2) is 0 Å². The SMILES string of the molecule is CC(C)(C)OC(=O)N[C@@H](CCCCCCCCc1ccccc1)C(=O)O. The number of amides is 1. The number of carboxylic acid groups (broad SMARTS) is 1. The van der Waals surface area contributed by atoms with Crippen molar-refractivity contribution in [2.45, 2.75) is 83.8 Å². The quantitative estimate of drug-likeness (QED) is 0.546. The van der Waals surface area contributed by atoms with Gasteiger partial charge in [-0.2, -0.15) is 0 Å². The van der Waals surface area contributed by atoms with Gasteiger partial charge >= 0.3 is 12.1 Å². The van der Waals surface area contributed by atoms with Gasteiger partial charge in [0.1, 0.15) is 11.6 Å². The molecule has 0 bridgehead atoms. The molecule has 2 N–H and O–H groups in total. The number of carbonyl (C=O) groups excluding carboxylic acids is 1. The van der Waals surface area contributed by atoms with Crippen LogP contribution in [0.5, 0.6) is 0 Å². The predicted octanol–water partition coefficient (Wildman–Crippen LogP) is 4.94. The lowest BCUT2D eigenvalue weighted by Gasteiger charge is -2.22. The Morgan fingerprint density at radius 2 is 1.58 bits per heavy atom. The van der Waals surface area contributed by atoms with Crippen molar-refractivity contribution in [3.05, 3.63) is 35.9 Å². The van der Waals surface area contributed by atoms with Gasteiger partial charge in [0.25, 0.3) is 0 Å². The van der Waals surface area contributed by atoms with E-state index >= 15 is 0 Å². The molecule has 0 unspecified atom stereocenters. The molecule has 1 aromatic carbocycles. The molecule has 1 rings (SSSR count). The predicted molar refractivity (Wildman–Crippen MR) is 103 cm³/mol. The molecule has 0 fully saturated rings. The van der Waals surface area contributed by atoms with Gasteiger partial charge in [-0.1, -0.05) is 62.4 Å². The molecular formula is C21H33NO4. The van der Waals surface area contributed by atoms with Gasteiger partial charge in [-0.05, 0) is 45.6 Å². The summed E-state index contributed by atoms with van der Waals surface area (Å²) in [7, 11) is 0. The molecule has 0 aromatic heterocycles. The summed E-state index contributed by atoms with van der Waals surface area (Å²) in [5.74, 6) is -1.02. The van der Waals surface area contributed by atoms with E-state index in [2.05, 4.69) is 29.6 Å². The summed E-state index contributed by atoms with van der Waals surface area (Å²) in [4.78, 5) is 23.0. The van der Waals surface area contributed by atoms with E-state index < -0.39 is 23.7 Å². The van der Waals surface area contributed by atoms with Crippen LogP contribution in [0.25, 0.3) is 0 Å². The van der Waals surface area contributed by atoms with Crippen molar-refractivity contribution < 1.29 is 19.4 Å². The molecule has 1 aromatic rings. The van der Waals surface area contributed by atoms with E-state index in [9.17, 15) is 14.7 Å². The van der Waals surface area contributed by atoms with Gasteiger partial charge < -0.3 is 15.2 Å². The van der Waals surface area contributed by atoms with Crippen molar-refractivity contribution in [2.24, 2.45) is 0 Å². The summed E-state index contributed by atoms with van der Waals surface area (Å²) in [6.45, 7) is 5.25. The number of aryl methyl sites for hydroxylation is 1. The first-order valence-electron chi connectivity index (χ1n) is 9.54. The number of aliphatic carboxylic acids is 1. The lowest BCUT2D eigenvalue weighted by molar-refractivity contribution is -0.139. The molecule has 0 aliphatic carbocycles. The fraction of sp³-hybridized carbons (Fsp3) is 0.619. The molecule has 0 aliphatic heterocycles. The van der Waals surface area contributed by atoms with Crippen molar-refractivity contribution in [1.82, 2.24) is 5.32 Å². The maximum absolute atomic E-state index is 11.7. The summed E-state index contributed by atoms with van der Waals surface area (Å²) in [5, 5.41) is 11.7. The first-order valence-corrected chi connectivity index (χ1v) is 9.54. The van der Waals surface area contributed by atoms with Crippen molar-refractivity contribution in [3.63, 3.8) is 0 Å². The number of carbonyl (C=O) groups is 2. The highest BCUT2D eigenvalue weighted by molar-refractivity contribution is 5.79. The number of rotatable bonds is 11. The molecule has 26 heavy (non-hydrogen) atoms. The zero-order chi connectivity index (χ0) is 19.4. The topological polar surface area (TPSA) is 75.6 Å². The highest BCUT2D eigenvalue weighted by atomic mass is 16.6. The van der Waals surface area contributed by atoms with Crippen LogP contribution < -0.4 is 5.32 Å². The maximum atomic E-state index is 11.7. The Labute approximate surface area is 157 Å². The standard InChI is InChI=1S/C21H33NO4/c1-21(2,3)26-20(25)22-18(19(23)24)16-12-7-5-4-6-9-13-17-14-10-8-11-15-17/h8,10-11,14-15,18H,4-7,9,12-13,16H2,1-3H3,(H,22,25)(H,23,24)/t18-/m0/s1. The molecule has 5 heteroatoms. The van der Waals surface area contributed by atoms with Crippen LogP contribution in [-0.2, 0) is 16.0 Å².